The van der Waals surface area contributed by atoms with Crippen molar-refractivity contribution >= 4 is 17.9 Å². The van der Waals surface area contributed by atoms with E-state index in [4.69, 9.17) is 16.9 Å². The van der Waals surface area contributed by atoms with Gasteiger partial charge in [-0.3, -0.25) is 0 Å². The van der Waals surface area contributed by atoms with Crippen molar-refractivity contribution in [3.63, 3.8) is 0 Å². The van der Waals surface area contributed by atoms with E-state index in [1.54, 1.807) is 20.8 Å². The van der Waals surface area contributed by atoms with E-state index in [1.807, 2.05) is 0 Å². The quantitative estimate of drug-likeness (QED) is 0.538. The predicted molar refractivity (Wildman–Crippen MR) is 35.5 cm³/mol. The summed E-state index contributed by atoms with van der Waals surface area (Å²) >= 11 is 5.33. The van der Waals surface area contributed by atoms with Gasteiger partial charge in [-0.15, -0.1) is 0 Å². The smallest absolute Gasteiger partial charge is 0.422 e. The Labute approximate surface area is 59.3 Å². The molecule has 3 nitrogen and oxygen atoms in total. The van der Waals surface area contributed by atoms with Gasteiger partial charge in [-0.25, -0.2) is 9.21 Å². The Morgan fingerprint density at radius 3 is 1.89 bits per heavy atom. The molecular weight excluding hydrogens is 142 g/mol. The Bertz CT molecular complexity index is 119. The highest BCUT2D eigenvalue weighted by molar-refractivity contribution is 6.20. The average molecular weight is 152 g/mol. The van der Waals surface area contributed by atoms with Crippen molar-refractivity contribution in [3.8, 4) is 0 Å². The van der Waals surface area contributed by atoms with Gasteiger partial charge in [-0.1, -0.05) is 0 Å². The van der Waals surface area contributed by atoms with Crippen molar-refractivity contribution in [1.82, 2.24) is 4.42 Å². The first-order valence-electron chi connectivity index (χ1n) is 2.54. The lowest BCUT2D eigenvalue weighted by molar-refractivity contribution is 0.148. The molecule has 0 bridgehead atoms. The Kier molecular flexibility index (Phi) is 2.32. The Morgan fingerprint density at radius 1 is 1.56 bits per heavy atom. The van der Waals surface area contributed by atoms with Crippen LogP contribution in [0.3, 0.4) is 0 Å². The lowest BCUT2D eigenvalue weighted by Crippen LogP contribution is -2.37. The van der Waals surface area contributed by atoms with Crippen LogP contribution < -0.4 is 0 Å². The zero-order valence-corrected chi connectivity index (χ0v) is 6.44. The molecule has 0 heterocycles. The van der Waals surface area contributed by atoms with Crippen LogP contribution in [0.15, 0.2) is 0 Å². The molecule has 0 rings (SSSR count). The standard InChI is InChI=1S/C5H10ClNO2/c1-5(2,3)7(6)4(8)9/h1-3H3,(H,8,9). The van der Waals surface area contributed by atoms with Gasteiger partial charge in [0, 0.05) is 11.8 Å². The van der Waals surface area contributed by atoms with Crippen LogP contribution in [0.2, 0.25) is 0 Å². The van der Waals surface area contributed by atoms with Crippen molar-refractivity contribution in [3.05, 3.63) is 0 Å². The summed E-state index contributed by atoms with van der Waals surface area (Å²) < 4.78 is 0.743. The molecule has 1 amide bonds. The predicted octanol–water partition coefficient (Wildman–Crippen LogP) is 1.92. The third-order valence-electron chi connectivity index (χ3n) is 0.757. The van der Waals surface area contributed by atoms with E-state index in [1.165, 1.54) is 0 Å². The average Bonchev–Trinajstić information content (AvgIpc) is 1.62. The van der Waals surface area contributed by atoms with Crippen LogP contribution in [0.5, 0.6) is 0 Å². The normalized spacial score (nSPS) is 11.1. The number of carbonyl (C=O) groups is 1. The maximum Gasteiger partial charge on any atom is 0.422 e. The molecule has 0 radical (unpaired) electrons. The zero-order chi connectivity index (χ0) is 7.65. The molecule has 0 atom stereocenters. The van der Waals surface area contributed by atoms with E-state index in [2.05, 4.69) is 0 Å². The Morgan fingerprint density at radius 2 is 1.89 bits per heavy atom. The van der Waals surface area contributed by atoms with Gasteiger partial charge in [0.25, 0.3) is 0 Å². The minimum atomic E-state index is -1.12. The fourth-order valence-corrected chi connectivity index (χ4v) is 0.287. The highest BCUT2D eigenvalue weighted by atomic mass is 35.5. The minimum Gasteiger partial charge on any atom is -0.464 e. The number of carboxylic acid groups (broad SMARTS) is 1. The van der Waals surface area contributed by atoms with Crippen LogP contribution in [0.25, 0.3) is 0 Å². The molecule has 0 fully saturated rings. The van der Waals surface area contributed by atoms with Crippen molar-refractivity contribution < 1.29 is 9.90 Å². The summed E-state index contributed by atoms with van der Waals surface area (Å²) in [5.41, 5.74) is -0.520. The molecular formula is C5H10ClNO2. The lowest BCUT2D eigenvalue weighted by atomic mass is 10.1. The zero-order valence-electron chi connectivity index (χ0n) is 5.68. The van der Waals surface area contributed by atoms with Gasteiger partial charge in [0.15, 0.2) is 0 Å². The molecule has 0 saturated carbocycles. The third kappa shape index (κ3) is 2.56. The van der Waals surface area contributed by atoms with Crippen molar-refractivity contribution in [2.75, 3.05) is 0 Å². The van der Waals surface area contributed by atoms with Crippen LogP contribution in [0.4, 0.5) is 4.79 Å². The first-order chi connectivity index (χ1) is 3.85. The SMILES string of the molecule is CC(C)(C)N(Cl)C(=O)O. The Balaban J connectivity index is 4.04. The molecule has 0 aromatic carbocycles. The molecule has 9 heavy (non-hydrogen) atoms. The Hall–Kier alpha value is -0.440. The molecule has 4 heteroatoms. The second-order valence-corrected chi connectivity index (χ2v) is 3.07. The number of hydrogen-bond acceptors (Lipinski definition) is 1. The van der Waals surface area contributed by atoms with Crippen LogP contribution in [-0.4, -0.2) is 21.2 Å². The second-order valence-electron chi connectivity index (χ2n) is 2.73. The third-order valence-corrected chi connectivity index (χ3v) is 1.41. The highest BCUT2D eigenvalue weighted by Gasteiger charge is 2.23. The molecule has 0 aromatic heterocycles. The van der Waals surface area contributed by atoms with Crippen LogP contribution in [0.1, 0.15) is 20.8 Å². The number of rotatable bonds is 0. The van der Waals surface area contributed by atoms with Gasteiger partial charge in [0.1, 0.15) is 0 Å². The molecule has 0 aliphatic rings. The van der Waals surface area contributed by atoms with Crippen molar-refractivity contribution in [2.45, 2.75) is 26.3 Å². The molecule has 0 saturated heterocycles. The van der Waals surface area contributed by atoms with Gasteiger partial charge < -0.3 is 5.11 Å². The van der Waals surface area contributed by atoms with Gasteiger partial charge in [0.05, 0.1) is 5.54 Å². The van der Waals surface area contributed by atoms with Crippen molar-refractivity contribution in [2.24, 2.45) is 0 Å². The largest absolute Gasteiger partial charge is 0.464 e. The molecule has 0 aromatic rings. The molecule has 0 aliphatic carbocycles. The van der Waals surface area contributed by atoms with E-state index < -0.39 is 11.6 Å². The first-order valence-corrected chi connectivity index (χ1v) is 2.88. The van der Waals surface area contributed by atoms with Crippen LogP contribution >= 0.6 is 11.8 Å². The summed E-state index contributed by atoms with van der Waals surface area (Å²) in [6.45, 7) is 5.15. The van der Waals surface area contributed by atoms with Crippen LogP contribution in [0, 0.1) is 0 Å². The maximum atomic E-state index is 10.1. The number of nitrogens with zero attached hydrogens (tertiary/aromatic N) is 1. The van der Waals surface area contributed by atoms with E-state index in [9.17, 15) is 4.79 Å². The fourth-order valence-electron chi connectivity index (χ4n) is 0.287. The van der Waals surface area contributed by atoms with Gasteiger partial charge in [-0.05, 0) is 20.8 Å². The topological polar surface area (TPSA) is 40.5 Å². The summed E-state index contributed by atoms with van der Waals surface area (Å²) in [6, 6.07) is 0. The summed E-state index contributed by atoms with van der Waals surface area (Å²) in [5, 5.41) is 8.31. The fraction of sp³-hybridized carbons (Fsp3) is 0.800. The summed E-state index contributed by atoms with van der Waals surface area (Å²) in [5.74, 6) is 0. The van der Waals surface area contributed by atoms with E-state index >= 15 is 0 Å². The van der Waals surface area contributed by atoms with Crippen molar-refractivity contribution in [1.29, 1.82) is 0 Å². The van der Waals surface area contributed by atoms with Gasteiger partial charge >= 0.3 is 6.09 Å². The number of amides is 1. The van der Waals surface area contributed by atoms with Gasteiger partial charge in [-0.2, -0.15) is 0 Å². The number of halogens is 1. The van der Waals surface area contributed by atoms with E-state index in [0.29, 0.717) is 0 Å². The number of hydrogen-bond donors (Lipinski definition) is 1. The van der Waals surface area contributed by atoms with Crippen LogP contribution in [-0.2, 0) is 0 Å². The van der Waals surface area contributed by atoms with E-state index in [0.717, 1.165) is 4.42 Å². The molecule has 0 spiro atoms. The maximum absolute atomic E-state index is 10.1. The second kappa shape index (κ2) is 2.43. The lowest BCUT2D eigenvalue weighted by Gasteiger charge is -2.25. The highest BCUT2D eigenvalue weighted by Crippen LogP contribution is 2.15. The summed E-state index contributed by atoms with van der Waals surface area (Å²) in [6.07, 6.45) is -1.12. The molecule has 1 N–H and O–H groups in total. The monoisotopic (exact) mass is 151 g/mol. The van der Waals surface area contributed by atoms with Gasteiger partial charge in [0.2, 0.25) is 0 Å². The minimum absolute atomic E-state index is 0.520. The summed E-state index contributed by atoms with van der Waals surface area (Å²) in [7, 11) is 0. The van der Waals surface area contributed by atoms with E-state index in [-0.39, 0.29) is 0 Å². The molecule has 54 valence electrons. The summed E-state index contributed by atoms with van der Waals surface area (Å²) in [4.78, 5) is 10.1. The molecule has 0 unspecified atom stereocenters. The molecule has 0 aliphatic heterocycles. The first kappa shape index (κ1) is 8.56.